The van der Waals surface area contributed by atoms with Gasteiger partial charge in [0.25, 0.3) is 5.89 Å². The summed E-state index contributed by atoms with van der Waals surface area (Å²) in [6, 6.07) is 7.38. The van der Waals surface area contributed by atoms with E-state index in [-0.39, 0.29) is 17.7 Å². The number of pyridine rings is 1. The number of oxazole rings is 2. The molecule has 11 heterocycles. The van der Waals surface area contributed by atoms with Crippen molar-refractivity contribution in [2.45, 2.75) is 302 Å². The third-order valence-corrected chi connectivity index (χ3v) is 14.2. The predicted octanol–water partition coefficient (Wildman–Crippen LogP) is 21.1. The first kappa shape index (κ1) is 88.0. The lowest BCUT2D eigenvalue weighted by Crippen LogP contribution is -2.06. The van der Waals surface area contributed by atoms with Crippen LogP contribution in [0.3, 0.4) is 0 Å². The van der Waals surface area contributed by atoms with E-state index in [4.69, 9.17) is 44.5 Å². The van der Waals surface area contributed by atoms with Crippen molar-refractivity contribution in [3.8, 4) is 11.5 Å². The second-order valence-corrected chi connectivity index (χ2v) is 28.3. The largest absolute Gasteiger partial charge is 0.469 e. The molecule has 30 heteroatoms. The molecular formula is C75H112F3N17O10. The lowest BCUT2D eigenvalue weighted by molar-refractivity contribution is -0.0121. The minimum Gasteiger partial charge on any atom is -0.469 e. The van der Waals surface area contributed by atoms with Gasteiger partial charge in [-0.1, -0.05) is 167 Å². The number of aryl methyl sites for hydroxylation is 5. The summed E-state index contributed by atoms with van der Waals surface area (Å²) in [5.41, 5.74) is 3.49. The molecule has 0 radical (unpaired) electrons. The highest BCUT2D eigenvalue weighted by atomic mass is 19.3. The maximum absolute atomic E-state index is 12.7. The Kier molecular flexibility index (Phi) is 36.2. The van der Waals surface area contributed by atoms with E-state index in [0.717, 1.165) is 71.5 Å². The third-order valence-electron chi connectivity index (χ3n) is 14.2. The van der Waals surface area contributed by atoms with Gasteiger partial charge in [-0.05, 0) is 64.7 Å². The van der Waals surface area contributed by atoms with Crippen LogP contribution in [0.2, 0.25) is 0 Å². The van der Waals surface area contributed by atoms with Crippen LogP contribution < -0.4 is 0 Å². The van der Waals surface area contributed by atoms with Gasteiger partial charge in [0.1, 0.15) is 30.2 Å². The first-order valence-corrected chi connectivity index (χ1v) is 36.0. The molecule has 2 saturated carbocycles. The van der Waals surface area contributed by atoms with E-state index in [1.54, 1.807) is 46.2 Å². The Morgan fingerprint density at radius 2 is 0.914 bits per heavy atom. The van der Waals surface area contributed by atoms with Crippen molar-refractivity contribution in [2.24, 2.45) is 0 Å². The molecule has 11 aromatic heterocycles. The van der Waals surface area contributed by atoms with Crippen LogP contribution in [0.5, 0.6) is 0 Å². The SMILES string of the molecule is CC(C)c1cc(C(C)F)co1.CC(C)c1nc(-c2ccccn2)no1.CC(C)c1nc(C2CC2)co1.CC(C)c1nnc(C(C)(F)F)o1.CC(C)c1nnc(C2CC2)o1.CCc1noc(C(C)C)n1.Cc1coc(C(C)C)n1.Cc1nnc(C(C)C)o1.Cc1nnc(C(C)C)o1.Cc1noc(C(C)C)n1. The van der Waals surface area contributed by atoms with Crippen LogP contribution in [-0.2, 0) is 12.3 Å². The highest BCUT2D eigenvalue weighted by Crippen LogP contribution is 2.40. The topological polar surface area (TPSA) is 351 Å². The molecular weight excluding hydrogens is 1360 g/mol. The molecule has 578 valence electrons. The maximum atomic E-state index is 12.7. The molecule has 2 fully saturated rings. The minimum absolute atomic E-state index is 0.0198. The number of halogens is 3. The fourth-order valence-corrected chi connectivity index (χ4v) is 7.62. The normalized spacial score (nSPS) is 12.7. The first-order valence-electron chi connectivity index (χ1n) is 36.0. The van der Waals surface area contributed by atoms with E-state index in [0.29, 0.717) is 112 Å². The van der Waals surface area contributed by atoms with Crippen LogP contribution in [0.15, 0.2) is 93.7 Å². The van der Waals surface area contributed by atoms with E-state index in [9.17, 15) is 13.2 Å². The van der Waals surface area contributed by atoms with Crippen LogP contribution in [-0.4, -0.2) is 86.2 Å². The number of nitrogens with zero attached hydrogens (tertiary/aromatic N) is 17. The summed E-state index contributed by atoms with van der Waals surface area (Å²) in [4.78, 5) is 25.1. The quantitative estimate of drug-likeness (QED) is 0.0867. The molecule has 13 rings (SSSR count). The second-order valence-electron chi connectivity index (χ2n) is 28.3. The Bertz CT molecular complexity index is 3740. The van der Waals surface area contributed by atoms with Gasteiger partial charge >= 0.3 is 5.92 Å². The van der Waals surface area contributed by atoms with E-state index < -0.39 is 18.0 Å². The summed E-state index contributed by atoms with van der Waals surface area (Å²) in [5.74, 6) is 12.0. The fraction of sp³-hybridized carbons (Fsp3) is 0.613. The van der Waals surface area contributed by atoms with Gasteiger partial charge in [0, 0.05) is 110 Å². The molecule has 0 spiro atoms. The third kappa shape index (κ3) is 32.3. The first-order chi connectivity index (χ1) is 49.4. The van der Waals surface area contributed by atoms with E-state index >= 15 is 0 Å². The number of hydrogen-bond acceptors (Lipinski definition) is 27. The zero-order chi connectivity index (χ0) is 78.4. The lowest BCUT2D eigenvalue weighted by Gasteiger charge is -2.02. The molecule has 1 unspecified atom stereocenters. The second kappa shape index (κ2) is 43.2. The maximum Gasteiger partial charge on any atom is 0.321 e. The van der Waals surface area contributed by atoms with Crippen molar-refractivity contribution in [1.82, 2.24) is 86.2 Å². The summed E-state index contributed by atoms with van der Waals surface area (Å²) < 4.78 is 88.6. The summed E-state index contributed by atoms with van der Waals surface area (Å²) in [5, 5.41) is 41.0. The molecule has 0 bridgehead atoms. The Balaban J connectivity index is 0.000000248. The molecule has 1 atom stereocenters. The molecule has 0 aromatic carbocycles. The minimum atomic E-state index is -3.04. The van der Waals surface area contributed by atoms with Gasteiger partial charge in [-0.2, -0.15) is 23.7 Å². The van der Waals surface area contributed by atoms with E-state index in [1.165, 1.54) is 38.9 Å². The van der Waals surface area contributed by atoms with Crippen LogP contribution in [0.1, 0.15) is 373 Å². The summed E-state index contributed by atoms with van der Waals surface area (Å²) in [6.45, 7) is 51.9. The van der Waals surface area contributed by atoms with Crippen molar-refractivity contribution in [1.29, 1.82) is 0 Å². The Morgan fingerprint density at radius 3 is 1.23 bits per heavy atom. The number of rotatable bonds is 16. The average Bonchev–Trinajstić information content (AvgIpc) is 1.70. The Hall–Kier alpha value is -9.38. The van der Waals surface area contributed by atoms with Crippen molar-refractivity contribution in [2.75, 3.05) is 0 Å². The summed E-state index contributed by atoms with van der Waals surface area (Å²) in [6.07, 6.45) is 11.6. The van der Waals surface area contributed by atoms with Gasteiger partial charge in [0.05, 0.1) is 17.7 Å². The highest BCUT2D eigenvalue weighted by molar-refractivity contribution is 5.47. The van der Waals surface area contributed by atoms with Crippen LogP contribution >= 0.6 is 0 Å². The summed E-state index contributed by atoms with van der Waals surface area (Å²) >= 11 is 0. The summed E-state index contributed by atoms with van der Waals surface area (Å²) in [7, 11) is 0. The molecule has 0 saturated heterocycles. The lowest BCUT2D eigenvalue weighted by atomic mass is 10.1. The predicted molar refractivity (Wildman–Crippen MR) is 387 cm³/mol. The number of furan rings is 1. The van der Waals surface area contributed by atoms with Crippen LogP contribution in [0.25, 0.3) is 11.5 Å². The number of aromatic nitrogens is 17. The van der Waals surface area contributed by atoms with Crippen molar-refractivity contribution >= 4 is 0 Å². The number of hydrogen-bond donors (Lipinski definition) is 0. The number of alkyl halides is 3. The van der Waals surface area contributed by atoms with E-state index in [1.807, 2.05) is 128 Å². The molecule has 105 heavy (non-hydrogen) atoms. The zero-order valence-corrected chi connectivity index (χ0v) is 66.5. The van der Waals surface area contributed by atoms with Gasteiger partial charge in [-0.15, -0.1) is 40.8 Å². The van der Waals surface area contributed by atoms with E-state index in [2.05, 4.69) is 128 Å². The monoisotopic (exact) mass is 1470 g/mol. The smallest absolute Gasteiger partial charge is 0.321 e. The van der Waals surface area contributed by atoms with Crippen molar-refractivity contribution < 1.29 is 57.7 Å². The Labute approximate surface area is 615 Å². The average molecular weight is 1470 g/mol. The zero-order valence-electron chi connectivity index (χ0n) is 66.5. The molecule has 11 aromatic rings. The molecule has 0 amide bonds. The molecule has 2 aliphatic carbocycles. The molecule has 27 nitrogen and oxygen atoms in total. The van der Waals surface area contributed by atoms with Crippen molar-refractivity contribution in [3.05, 3.63) is 160 Å². The van der Waals surface area contributed by atoms with Gasteiger partial charge in [0.2, 0.25) is 64.7 Å². The van der Waals surface area contributed by atoms with Gasteiger partial charge < -0.3 is 44.5 Å². The molecule has 0 aliphatic heterocycles. The van der Waals surface area contributed by atoms with Gasteiger partial charge in [-0.25, -0.2) is 14.4 Å². The highest BCUT2D eigenvalue weighted by Gasteiger charge is 2.33. The van der Waals surface area contributed by atoms with Gasteiger partial charge in [0.15, 0.2) is 23.4 Å². The molecule has 0 N–H and O–H groups in total. The van der Waals surface area contributed by atoms with Crippen LogP contribution in [0, 0.1) is 27.7 Å². The molecule has 2 aliphatic rings. The van der Waals surface area contributed by atoms with Crippen LogP contribution in [0.4, 0.5) is 13.2 Å². The van der Waals surface area contributed by atoms with Crippen molar-refractivity contribution in [3.63, 3.8) is 0 Å². The van der Waals surface area contributed by atoms with Gasteiger partial charge in [-0.3, -0.25) is 4.98 Å². The Morgan fingerprint density at radius 1 is 0.448 bits per heavy atom. The fourth-order valence-electron chi connectivity index (χ4n) is 7.62. The standard InChI is InChI=1S/C10H11N3O.C9H13FO.C9H13NO.C8H12N2O.C7H10F2N2O.C7H12N2O.C7H11NO.3C6H10N2O/c1-7(2)10-12-9(13-14-10)8-5-3-4-6-11-8;1-6(2)9-4-8(5-11-9)7(3)10;1-6(2)9-10-8(5-11-9)7-3-4-7;1-5(2)7-9-10-8(11-7)6-3-4-6;1-4(2)5-10-11-6(12-5)7(3,8)9;1-4-6-8-7(5(2)3)10-9-6;1-5(2)7-8-6(3)4-9-7;2*1-4(2)6-8-7-5(3)9-6;1-4(2)6-7-5(3)8-9-6/h3-7H,1-2H3;4-7H,1-3H3;5-7H,3-4H2,1-2H3;5-6H,3-4H2,1-2H3;4H,1-3H3;5H,4H2,1-3H3;4-5H,1-3H3;3*4H,1-3H3.